The molecule has 0 radical (unpaired) electrons. The highest BCUT2D eigenvalue weighted by Gasteiger charge is 2.25. The van der Waals surface area contributed by atoms with Crippen LogP contribution in [0.1, 0.15) is 64.5 Å². The Balaban J connectivity index is 1.98. The van der Waals surface area contributed by atoms with Crippen molar-refractivity contribution in [2.75, 3.05) is 0 Å². The number of imidazole rings is 1. The molecule has 1 aliphatic carbocycles. The van der Waals surface area contributed by atoms with Gasteiger partial charge in [-0.3, -0.25) is 0 Å². The molecule has 1 aromatic heterocycles. The van der Waals surface area contributed by atoms with Crippen LogP contribution >= 0.6 is 0 Å². The van der Waals surface area contributed by atoms with E-state index in [0.717, 1.165) is 24.1 Å². The fraction of sp³-hybridized carbons (Fsp3) is 0.500. The first-order valence-corrected chi connectivity index (χ1v) is 8.82. The van der Waals surface area contributed by atoms with Crippen molar-refractivity contribution in [3.05, 3.63) is 42.2 Å². The lowest BCUT2D eigenvalue weighted by atomic mass is 9.87. The average Bonchev–Trinajstić information content (AvgIpc) is 3.00. The minimum atomic E-state index is -0.527. The van der Waals surface area contributed by atoms with Gasteiger partial charge in [-0.25, -0.2) is 14.3 Å². The molecule has 1 aliphatic rings. The number of rotatable bonds is 2. The molecular weight excluding hydrogens is 300 g/mol. The molecule has 0 N–H and O–H groups in total. The Morgan fingerprint density at radius 3 is 2.42 bits per heavy atom. The highest BCUT2D eigenvalue weighted by molar-refractivity contribution is 5.77. The average molecular weight is 326 g/mol. The molecule has 1 heterocycles. The number of hydrogen-bond acceptors (Lipinski definition) is 3. The number of ether oxygens (including phenoxy) is 1. The maximum atomic E-state index is 12.7. The molecular formula is C20H26N2O2. The molecule has 0 atom stereocenters. The second-order valence-corrected chi connectivity index (χ2v) is 7.54. The molecule has 0 spiro atoms. The number of carbonyl (C=O) groups excluding carboxylic acids is 1. The molecule has 24 heavy (non-hydrogen) atoms. The summed E-state index contributed by atoms with van der Waals surface area (Å²) in [6.07, 6.45) is 7.60. The Hall–Kier alpha value is -2.10. The third-order valence-electron chi connectivity index (χ3n) is 4.37. The minimum absolute atomic E-state index is 0.365. The van der Waals surface area contributed by atoms with E-state index in [-0.39, 0.29) is 6.09 Å². The zero-order chi connectivity index (χ0) is 17.2. The molecule has 0 saturated heterocycles. The minimum Gasteiger partial charge on any atom is -0.443 e. The van der Waals surface area contributed by atoms with Crippen molar-refractivity contribution in [3.8, 4) is 11.4 Å². The lowest BCUT2D eigenvalue weighted by Crippen LogP contribution is -2.27. The maximum Gasteiger partial charge on any atom is 0.420 e. The normalized spacial score (nSPS) is 16.1. The van der Waals surface area contributed by atoms with Crippen LogP contribution in [0.5, 0.6) is 0 Å². The van der Waals surface area contributed by atoms with Crippen LogP contribution in [0.3, 0.4) is 0 Å². The van der Waals surface area contributed by atoms with Crippen molar-refractivity contribution in [1.82, 2.24) is 9.55 Å². The van der Waals surface area contributed by atoms with Crippen LogP contribution in [0, 0.1) is 0 Å². The predicted octanol–water partition coefficient (Wildman–Crippen LogP) is 5.38. The fourth-order valence-electron chi connectivity index (χ4n) is 3.23. The van der Waals surface area contributed by atoms with Crippen molar-refractivity contribution in [3.63, 3.8) is 0 Å². The SMILES string of the molecule is CC(C)(C)OC(=O)n1cc(C2CCCCC2)nc1-c1ccccc1. The van der Waals surface area contributed by atoms with E-state index in [2.05, 4.69) is 0 Å². The van der Waals surface area contributed by atoms with Gasteiger partial charge in [0.05, 0.1) is 5.69 Å². The van der Waals surface area contributed by atoms with Crippen LogP contribution in [0.4, 0.5) is 4.79 Å². The van der Waals surface area contributed by atoms with Gasteiger partial charge >= 0.3 is 6.09 Å². The molecule has 0 unspecified atom stereocenters. The predicted molar refractivity (Wildman–Crippen MR) is 95.1 cm³/mol. The van der Waals surface area contributed by atoms with E-state index >= 15 is 0 Å². The largest absolute Gasteiger partial charge is 0.443 e. The Morgan fingerprint density at radius 1 is 1.12 bits per heavy atom. The van der Waals surface area contributed by atoms with E-state index in [1.54, 1.807) is 4.57 Å². The van der Waals surface area contributed by atoms with Gasteiger partial charge in [0.2, 0.25) is 0 Å². The standard InChI is InChI=1S/C20H26N2O2/c1-20(2,3)24-19(23)22-14-17(15-10-6-4-7-11-15)21-18(22)16-12-8-5-9-13-16/h5,8-9,12-15H,4,6-7,10-11H2,1-3H3. The van der Waals surface area contributed by atoms with Crippen LogP contribution in [0.25, 0.3) is 11.4 Å². The quantitative estimate of drug-likeness (QED) is 0.744. The fourth-order valence-corrected chi connectivity index (χ4v) is 3.23. The van der Waals surface area contributed by atoms with E-state index in [0.29, 0.717) is 11.7 Å². The Morgan fingerprint density at radius 2 is 1.79 bits per heavy atom. The van der Waals surface area contributed by atoms with Gasteiger partial charge in [-0.1, -0.05) is 49.6 Å². The summed E-state index contributed by atoms with van der Waals surface area (Å²) in [5, 5.41) is 0. The number of nitrogens with zero attached hydrogens (tertiary/aromatic N) is 2. The van der Waals surface area contributed by atoms with Crippen LogP contribution < -0.4 is 0 Å². The highest BCUT2D eigenvalue weighted by Crippen LogP contribution is 2.33. The lowest BCUT2D eigenvalue weighted by Gasteiger charge is -2.20. The van der Waals surface area contributed by atoms with E-state index in [1.807, 2.05) is 57.3 Å². The van der Waals surface area contributed by atoms with E-state index in [1.165, 1.54) is 19.3 Å². The molecule has 2 aromatic rings. The Kier molecular flexibility index (Phi) is 4.74. The highest BCUT2D eigenvalue weighted by atomic mass is 16.6. The summed E-state index contributed by atoms with van der Waals surface area (Å²) in [4.78, 5) is 17.5. The number of aromatic nitrogens is 2. The summed E-state index contributed by atoms with van der Waals surface area (Å²) < 4.78 is 7.14. The molecule has 0 amide bonds. The van der Waals surface area contributed by atoms with Gasteiger partial charge in [-0.2, -0.15) is 0 Å². The molecule has 1 aromatic carbocycles. The summed E-state index contributed by atoms with van der Waals surface area (Å²) in [6.45, 7) is 5.64. The molecule has 0 aliphatic heterocycles. The maximum absolute atomic E-state index is 12.7. The van der Waals surface area contributed by atoms with Crippen LogP contribution in [0.2, 0.25) is 0 Å². The van der Waals surface area contributed by atoms with E-state index < -0.39 is 5.60 Å². The van der Waals surface area contributed by atoms with Crippen molar-refractivity contribution in [2.45, 2.75) is 64.4 Å². The number of hydrogen-bond donors (Lipinski definition) is 0. The van der Waals surface area contributed by atoms with Gasteiger partial charge in [0.1, 0.15) is 11.4 Å². The van der Waals surface area contributed by atoms with Gasteiger partial charge in [-0.15, -0.1) is 0 Å². The summed E-state index contributed by atoms with van der Waals surface area (Å²) in [7, 11) is 0. The third-order valence-corrected chi connectivity index (χ3v) is 4.37. The van der Waals surface area contributed by atoms with Crippen LogP contribution in [-0.4, -0.2) is 21.2 Å². The van der Waals surface area contributed by atoms with Crippen LogP contribution in [0.15, 0.2) is 36.5 Å². The molecule has 1 fully saturated rings. The molecule has 3 rings (SSSR count). The van der Waals surface area contributed by atoms with E-state index in [9.17, 15) is 4.79 Å². The molecule has 0 bridgehead atoms. The topological polar surface area (TPSA) is 44.1 Å². The molecule has 4 heteroatoms. The lowest BCUT2D eigenvalue weighted by molar-refractivity contribution is 0.0539. The zero-order valence-corrected chi connectivity index (χ0v) is 14.8. The summed E-state index contributed by atoms with van der Waals surface area (Å²) in [5.74, 6) is 1.12. The number of benzene rings is 1. The number of carbonyl (C=O) groups is 1. The van der Waals surface area contributed by atoms with Gasteiger partial charge in [0.25, 0.3) is 0 Å². The second kappa shape index (κ2) is 6.80. The van der Waals surface area contributed by atoms with Crippen molar-refractivity contribution >= 4 is 6.09 Å². The third kappa shape index (κ3) is 3.86. The van der Waals surface area contributed by atoms with Crippen molar-refractivity contribution < 1.29 is 9.53 Å². The first-order valence-electron chi connectivity index (χ1n) is 8.82. The first kappa shape index (κ1) is 16.7. The smallest absolute Gasteiger partial charge is 0.420 e. The summed E-state index contributed by atoms with van der Waals surface area (Å²) >= 11 is 0. The van der Waals surface area contributed by atoms with Gasteiger partial charge in [0.15, 0.2) is 0 Å². The Bertz CT molecular complexity index is 692. The summed E-state index contributed by atoms with van der Waals surface area (Å²) in [5.41, 5.74) is 1.42. The molecule has 1 saturated carbocycles. The van der Waals surface area contributed by atoms with Crippen molar-refractivity contribution in [1.29, 1.82) is 0 Å². The first-order chi connectivity index (χ1) is 11.4. The van der Waals surface area contributed by atoms with Crippen molar-refractivity contribution in [2.24, 2.45) is 0 Å². The van der Waals surface area contributed by atoms with Gasteiger partial charge in [-0.05, 0) is 33.6 Å². The van der Waals surface area contributed by atoms with Crippen LogP contribution in [-0.2, 0) is 4.74 Å². The molecule has 4 nitrogen and oxygen atoms in total. The van der Waals surface area contributed by atoms with Gasteiger partial charge in [0, 0.05) is 17.7 Å². The monoisotopic (exact) mass is 326 g/mol. The summed E-state index contributed by atoms with van der Waals surface area (Å²) in [6, 6.07) is 9.85. The van der Waals surface area contributed by atoms with E-state index in [4.69, 9.17) is 9.72 Å². The Labute approximate surface area is 143 Å². The zero-order valence-electron chi connectivity index (χ0n) is 14.8. The second-order valence-electron chi connectivity index (χ2n) is 7.54. The van der Waals surface area contributed by atoms with Gasteiger partial charge < -0.3 is 4.74 Å². The molecule has 128 valence electrons.